The van der Waals surface area contributed by atoms with E-state index in [1.807, 2.05) is 39.9 Å². The van der Waals surface area contributed by atoms with E-state index in [1.54, 1.807) is 31.9 Å². The second-order valence-corrected chi connectivity index (χ2v) is 7.44. The summed E-state index contributed by atoms with van der Waals surface area (Å²) in [5, 5.41) is 0.793. The van der Waals surface area contributed by atoms with Crippen LogP contribution in [0.5, 0.6) is 5.75 Å². The van der Waals surface area contributed by atoms with Crippen molar-refractivity contribution in [3.63, 3.8) is 0 Å². The van der Waals surface area contributed by atoms with Crippen molar-refractivity contribution in [3.8, 4) is 11.4 Å². The van der Waals surface area contributed by atoms with Gasteiger partial charge in [-0.05, 0) is 24.3 Å². The Morgan fingerprint density at radius 2 is 1.86 bits per heavy atom. The van der Waals surface area contributed by atoms with Crippen molar-refractivity contribution in [1.82, 2.24) is 24.4 Å². The van der Waals surface area contributed by atoms with Crippen LogP contribution < -0.4 is 9.64 Å². The summed E-state index contributed by atoms with van der Waals surface area (Å²) in [6.45, 7) is 2.89. The molecule has 1 fully saturated rings. The van der Waals surface area contributed by atoms with E-state index >= 15 is 0 Å². The molecule has 1 amide bonds. The molecular formula is C20H22N6O2S. The van der Waals surface area contributed by atoms with Crippen molar-refractivity contribution in [2.75, 3.05) is 43.9 Å². The lowest BCUT2D eigenvalue weighted by Crippen LogP contribution is -2.49. The Morgan fingerprint density at radius 1 is 1.07 bits per heavy atom. The first-order valence-corrected chi connectivity index (χ1v) is 10.3. The van der Waals surface area contributed by atoms with Gasteiger partial charge in [0.05, 0.1) is 19.1 Å². The summed E-state index contributed by atoms with van der Waals surface area (Å²) in [5.74, 6) is 2.14. The normalized spacial score (nSPS) is 14.1. The van der Waals surface area contributed by atoms with Gasteiger partial charge < -0.3 is 14.5 Å². The van der Waals surface area contributed by atoms with E-state index in [2.05, 4.69) is 19.9 Å². The maximum Gasteiger partial charge on any atom is 0.233 e. The molecule has 0 saturated carbocycles. The number of piperazine rings is 1. The number of hydrogen-bond donors (Lipinski definition) is 0. The molecule has 29 heavy (non-hydrogen) atoms. The molecule has 9 heteroatoms. The number of aromatic nitrogens is 4. The molecular weight excluding hydrogens is 388 g/mol. The Morgan fingerprint density at radius 3 is 2.55 bits per heavy atom. The highest BCUT2D eigenvalue weighted by atomic mass is 32.2. The van der Waals surface area contributed by atoms with Crippen molar-refractivity contribution in [1.29, 1.82) is 0 Å². The number of imidazole rings is 1. The maximum absolute atomic E-state index is 12.7. The van der Waals surface area contributed by atoms with Crippen LogP contribution in [0.1, 0.15) is 0 Å². The third-order valence-corrected chi connectivity index (χ3v) is 5.74. The van der Waals surface area contributed by atoms with Crippen LogP contribution in [0.4, 0.5) is 5.82 Å². The molecule has 0 N–H and O–H groups in total. The molecule has 0 aliphatic carbocycles. The summed E-state index contributed by atoms with van der Waals surface area (Å²) in [5.41, 5.74) is 0.982. The first-order chi connectivity index (χ1) is 14.2. The number of hydrogen-bond acceptors (Lipinski definition) is 7. The maximum atomic E-state index is 12.7. The van der Waals surface area contributed by atoms with Crippen LogP contribution in [0, 0.1) is 0 Å². The van der Waals surface area contributed by atoms with Crippen molar-refractivity contribution in [2.24, 2.45) is 0 Å². The fraction of sp³-hybridized carbons (Fsp3) is 0.300. The van der Waals surface area contributed by atoms with E-state index in [1.165, 1.54) is 11.8 Å². The zero-order valence-electron chi connectivity index (χ0n) is 16.1. The van der Waals surface area contributed by atoms with Crippen molar-refractivity contribution in [3.05, 3.63) is 55.2 Å². The summed E-state index contributed by atoms with van der Waals surface area (Å²) in [4.78, 5) is 29.6. The standard InChI is InChI=1S/C20H22N6O2S/c1-28-17-4-2-16(3-5-17)26-9-8-23-20(26)29-15-19(27)25-12-10-24(11-13-25)18-14-21-6-7-22-18/h2-9,14H,10-13,15H2,1H3. The van der Waals surface area contributed by atoms with Gasteiger partial charge in [-0.25, -0.2) is 9.97 Å². The molecule has 3 aromatic rings. The third kappa shape index (κ3) is 4.51. The minimum absolute atomic E-state index is 0.123. The zero-order chi connectivity index (χ0) is 20.1. The van der Waals surface area contributed by atoms with E-state index in [4.69, 9.17) is 4.74 Å². The van der Waals surface area contributed by atoms with Crippen LogP contribution in [0.15, 0.2) is 60.4 Å². The number of benzene rings is 1. The number of ether oxygens (including phenoxy) is 1. The Hall–Kier alpha value is -3.07. The number of rotatable bonds is 6. The van der Waals surface area contributed by atoms with E-state index in [0.717, 1.165) is 35.5 Å². The van der Waals surface area contributed by atoms with Gasteiger partial charge >= 0.3 is 0 Å². The fourth-order valence-corrected chi connectivity index (χ4v) is 4.07. The number of carbonyl (C=O) groups is 1. The van der Waals surface area contributed by atoms with Crippen LogP contribution >= 0.6 is 11.8 Å². The number of amides is 1. The minimum Gasteiger partial charge on any atom is -0.497 e. The summed E-state index contributed by atoms with van der Waals surface area (Å²) in [6, 6.07) is 7.76. The highest BCUT2D eigenvalue weighted by Gasteiger charge is 2.22. The van der Waals surface area contributed by atoms with Gasteiger partial charge in [0.2, 0.25) is 5.91 Å². The average Bonchev–Trinajstić information content (AvgIpc) is 3.27. The number of nitrogens with zero attached hydrogens (tertiary/aromatic N) is 6. The van der Waals surface area contributed by atoms with Crippen LogP contribution in [0.3, 0.4) is 0 Å². The molecule has 0 bridgehead atoms. The molecule has 4 rings (SSSR count). The van der Waals surface area contributed by atoms with Gasteiger partial charge in [0.25, 0.3) is 0 Å². The summed E-state index contributed by atoms with van der Waals surface area (Å²) in [6.07, 6.45) is 8.75. The molecule has 2 aromatic heterocycles. The van der Waals surface area contributed by atoms with Gasteiger partial charge in [-0.15, -0.1) is 0 Å². The Labute approximate surface area is 173 Å². The lowest BCUT2D eigenvalue weighted by Gasteiger charge is -2.35. The van der Waals surface area contributed by atoms with Crippen molar-refractivity contribution < 1.29 is 9.53 Å². The van der Waals surface area contributed by atoms with E-state index in [-0.39, 0.29) is 5.91 Å². The molecule has 8 nitrogen and oxygen atoms in total. The number of anilines is 1. The smallest absolute Gasteiger partial charge is 0.233 e. The first kappa shape index (κ1) is 19.3. The van der Waals surface area contributed by atoms with E-state index < -0.39 is 0 Å². The number of carbonyl (C=O) groups excluding carboxylic acids is 1. The van der Waals surface area contributed by atoms with Crippen LogP contribution in [-0.4, -0.2) is 69.4 Å². The largest absolute Gasteiger partial charge is 0.497 e. The Kier molecular flexibility index (Phi) is 5.95. The molecule has 3 heterocycles. The van der Waals surface area contributed by atoms with Gasteiger partial charge in [0, 0.05) is 56.7 Å². The Bertz CT molecular complexity index is 939. The molecule has 1 aliphatic rings. The van der Waals surface area contributed by atoms with E-state index in [0.29, 0.717) is 18.8 Å². The summed E-state index contributed by atoms with van der Waals surface area (Å²) in [7, 11) is 1.65. The number of thioether (sulfide) groups is 1. The predicted octanol–water partition coefficient (Wildman–Crippen LogP) is 2.11. The number of methoxy groups -OCH3 is 1. The summed E-state index contributed by atoms with van der Waals surface area (Å²) < 4.78 is 7.18. The topological polar surface area (TPSA) is 76.4 Å². The molecule has 0 atom stereocenters. The predicted molar refractivity (Wildman–Crippen MR) is 112 cm³/mol. The lowest BCUT2D eigenvalue weighted by atomic mass is 10.3. The first-order valence-electron chi connectivity index (χ1n) is 9.34. The van der Waals surface area contributed by atoms with Gasteiger partial charge in [-0.1, -0.05) is 11.8 Å². The minimum atomic E-state index is 0.123. The fourth-order valence-electron chi connectivity index (χ4n) is 3.19. The van der Waals surface area contributed by atoms with Crippen molar-refractivity contribution in [2.45, 2.75) is 5.16 Å². The van der Waals surface area contributed by atoms with Crippen LogP contribution in [0.25, 0.3) is 5.69 Å². The quantitative estimate of drug-likeness (QED) is 0.576. The molecule has 1 saturated heterocycles. The zero-order valence-corrected chi connectivity index (χ0v) is 17.0. The van der Waals surface area contributed by atoms with Crippen LogP contribution in [0.2, 0.25) is 0 Å². The Balaban J connectivity index is 1.32. The second kappa shape index (κ2) is 8.95. The monoisotopic (exact) mass is 410 g/mol. The molecule has 0 radical (unpaired) electrons. The molecule has 0 spiro atoms. The second-order valence-electron chi connectivity index (χ2n) is 6.50. The van der Waals surface area contributed by atoms with Gasteiger partial charge in [-0.2, -0.15) is 0 Å². The lowest BCUT2D eigenvalue weighted by molar-refractivity contribution is -0.128. The molecule has 1 aromatic carbocycles. The molecule has 150 valence electrons. The molecule has 1 aliphatic heterocycles. The van der Waals surface area contributed by atoms with Crippen molar-refractivity contribution >= 4 is 23.5 Å². The van der Waals surface area contributed by atoms with Gasteiger partial charge in [0.15, 0.2) is 5.16 Å². The van der Waals surface area contributed by atoms with Gasteiger partial charge in [0.1, 0.15) is 11.6 Å². The van der Waals surface area contributed by atoms with Crippen LogP contribution in [-0.2, 0) is 4.79 Å². The molecule has 0 unspecified atom stereocenters. The SMILES string of the molecule is COc1ccc(-n2ccnc2SCC(=O)N2CCN(c3cnccn3)CC2)cc1. The average molecular weight is 411 g/mol. The highest BCUT2D eigenvalue weighted by molar-refractivity contribution is 7.99. The highest BCUT2D eigenvalue weighted by Crippen LogP contribution is 2.23. The third-order valence-electron chi connectivity index (χ3n) is 4.79. The van der Waals surface area contributed by atoms with Gasteiger partial charge in [-0.3, -0.25) is 14.3 Å². The van der Waals surface area contributed by atoms with E-state index in [9.17, 15) is 4.79 Å². The summed E-state index contributed by atoms with van der Waals surface area (Å²) >= 11 is 1.45.